The number of amides is 1. The SMILES string of the molecule is Cc1ccc(OCc2ccc(C(=O)Nc3cccc(NS(=O)(=O)c4ccccc4)c3)o2)c(C)c1. The van der Waals surface area contributed by atoms with Gasteiger partial charge in [0.1, 0.15) is 18.1 Å². The highest BCUT2D eigenvalue weighted by Gasteiger charge is 2.15. The third kappa shape index (κ3) is 5.65. The summed E-state index contributed by atoms with van der Waals surface area (Å²) in [6.45, 7) is 4.17. The lowest BCUT2D eigenvalue weighted by molar-refractivity contribution is 0.0992. The molecule has 2 N–H and O–H groups in total. The minimum Gasteiger partial charge on any atom is -0.485 e. The van der Waals surface area contributed by atoms with E-state index in [0.29, 0.717) is 17.1 Å². The van der Waals surface area contributed by atoms with Crippen LogP contribution in [0.4, 0.5) is 11.4 Å². The number of carbonyl (C=O) groups excluding carboxylic acids is 1. The Labute approximate surface area is 198 Å². The average Bonchev–Trinajstić information content (AvgIpc) is 3.28. The number of hydrogen-bond acceptors (Lipinski definition) is 5. The van der Waals surface area contributed by atoms with Gasteiger partial charge in [0, 0.05) is 5.69 Å². The molecule has 0 bridgehead atoms. The number of hydrogen-bond donors (Lipinski definition) is 2. The topological polar surface area (TPSA) is 97.6 Å². The van der Waals surface area contributed by atoms with Crippen LogP contribution in [0, 0.1) is 13.8 Å². The zero-order valence-corrected chi connectivity index (χ0v) is 19.6. The molecule has 0 aliphatic heterocycles. The number of anilines is 2. The van der Waals surface area contributed by atoms with E-state index >= 15 is 0 Å². The van der Waals surface area contributed by atoms with Crippen molar-refractivity contribution in [2.24, 2.45) is 0 Å². The molecule has 0 saturated carbocycles. The Morgan fingerprint density at radius 3 is 2.41 bits per heavy atom. The van der Waals surface area contributed by atoms with Gasteiger partial charge in [-0.05, 0) is 67.9 Å². The van der Waals surface area contributed by atoms with Crippen molar-refractivity contribution in [1.29, 1.82) is 0 Å². The smallest absolute Gasteiger partial charge is 0.291 e. The number of benzene rings is 3. The minimum atomic E-state index is -3.74. The predicted molar refractivity (Wildman–Crippen MR) is 131 cm³/mol. The molecule has 3 aromatic carbocycles. The number of ether oxygens (including phenoxy) is 1. The van der Waals surface area contributed by atoms with Crippen molar-refractivity contribution < 1.29 is 22.4 Å². The van der Waals surface area contributed by atoms with Gasteiger partial charge in [0.15, 0.2) is 5.76 Å². The molecular formula is C26H24N2O5S. The van der Waals surface area contributed by atoms with Crippen LogP contribution in [0.3, 0.4) is 0 Å². The summed E-state index contributed by atoms with van der Waals surface area (Å²) < 4.78 is 39.0. The van der Waals surface area contributed by atoms with Crippen LogP contribution >= 0.6 is 0 Å². The second kappa shape index (κ2) is 9.84. The van der Waals surface area contributed by atoms with Gasteiger partial charge < -0.3 is 14.5 Å². The van der Waals surface area contributed by atoms with Gasteiger partial charge in [0.05, 0.1) is 10.6 Å². The molecule has 8 heteroatoms. The Hall–Kier alpha value is -4.04. The number of nitrogens with one attached hydrogen (secondary N) is 2. The third-order valence-electron chi connectivity index (χ3n) is 5.01. The summed E-state index contributed by atoms with van der Waals surface area (Å²) in [5.41, 5.74) is 2.91. The molecule has 1 heterocycles. The summed E-state index contributed by atoms with van der Waals surface area (Å²) in [5.74, 6) is 0.924. The van der Waals surface area contributed by atoms with Gasteiger partial charge >= 0.3 is 0 Å². The van der Waals surface area contributed by atoms with Gasteiger partial charge in [-0.15, -0.1) is 0 Å². The van der Waals surface area contributed by atoms with Gasteiger partial charge in [-0.1, -0.05) is 42.0 Å². The fraction of sp³-hybridized carbons (Fsp3) is 0.115. The molecule has 0 aliphatic rings. The van der Waals surface area contributed by atoms with E-state index in [-0.39, 0.29) is 17.3 Å². The van der Waals surface area contributed by atoms with Crippen molar-refractivity contribution >= 4 is 27.3 Å². The molecule has 1 aromatic heterocycles. The number of rotatable bonds is 8. The molecule has 0 aliphatic carbocycles. The second-order valence-corrected chi connectivity index (χ2v) is 9.46. The third-order valence-corrected chi connectivity index (χ3v) is 6.41. The van der Waals surface area contributed by atoms with Gasteiger partial charge in [-0.3, -0.25) is 9.52 Å². The number of carbonyl (C=O) groups is 1. The zero-order valence-electron chi connectivity index (χ0n) is 18.7. The molecule has 0 unspecified atom stereocenters. The normalized spacial score (nSPS) is 11.1. The summed E-state index contributed by atoms with van der Waals surface area (Å²) in [6, 6.07) is 23.6. The first-order chi connectivity index (χ1) is 16.3. The molecular weight excluding hydrogens is 452 g/mol. The average molecular weight is 477 g/mol. The Morgan fingerprint density at radius 2 is 1.65 bits per heavy atom. The van der Waals surface area contributed by atoms with E-state index in [1.807, 2.05) is 32.0 Å². The van der Waals surface area contributed by atoms with Crippen molar-refractivity contribution in [3.8, 4) is 5.75 Å². The van der Waals surface area contributed by atoms with Crippen molar-refractivity contribution in [3.05, 3.63) is 108 Å². The zero-order chi connectivity index (χ0) is 24.1. The molecule has 4 aromatic rings. The van der Waals surface area contributed by atoms with E-state index in [4.69, 9.17) is 9.15 Å². The number of sulfonamides is 1. The molecule has 0 radical (unpaired) electrons. The molecule has 1 amide bonds. The first kappa shape index (κ1) is 23.1. The van der Waals surface area contributed by atoms with Gasteiger partial charge in [-0.25, -0.2) is 8.42 Å². The van der Waals surface area contributed by atoms with Crippen LogP contribution in [0.2, 0.25) is 0 Å². The van der Waals surface area contributed by atoms with Crippen LogP contribution in [0.1, 0.15) is 27.4 Å². The minimum absolute atomic E-state index is 0.120. The molecule has 174 valence electrons. The summed E-state index contributed by atoms with van der Waals surface area (Å²) >= 11 is 0. The summed E-state index contributed by atoms with van der Waals surface area (Å²) in [6.07, 6.45) is 0. The number of furan rings is 1. The van der Waals surface area contributed by atoms with Crippen LogP contribution in [-0.4, -0.2) is 14.3 Å². The summed E-state index contributed by atoms with van der Waals surface area (Å²) in [5, 5.41) is 2.72. The molecule has 7 nitrogen and oxygen atoms in total. The summed E-state index contributed by atoms with van der Waals surface area (Å²) in [4.78, 5) is 12.8. The van der Waals surface area contributed by atoms with E-state index in [9.17, 15) is 13.2 Å². The Balaban J connectivity index is 1.39. The van der Waals surface area contributed by atoms with Crippen LogP contribution < -0.4 is 14.8 Å². The Kier molecular flexibility index (Phi) is 6.70. The monoisotopic (exact) mass is 476 g/mol. The maximum absolute atomic E-state index is 12.6. The lowest BCUT2D eigenvalue weighted by Crippen LogP contribution is -2.14. The highest BCUT2D eigenvalue weighted by Crippen LogP contribution is 2.22. The quantitative estimate of drug-likeness (QED) is 0.349. The fourth-order valence-corrected chi connectivity index (χ4v) is 4.43. The first-order valence-electron chi connectivity index (χ1n) is 10.6. The highest BCUT2D eigenvalue weighted by atomic mass is 32.2. The van der Waals surface area contributed by atoms with E-state index in [2.05, 4.69) is 10.0 Å². The molecule has 34 heavy (non-hydrogen) atoms. The van der Waals surface area contributed by atoms with Crippen molar-refractivity contribution in [1.82, 2.24) is 0 Å². The van der Waals surface area contributed by atoms with Crippen molar-refractivity contribution in [3.63, 3.8) is 0 Å². The first-order valence-corrected chi connectivity index (χ1v) is 12.1. The largest absolute Gasteiger partial charge is 0.485 e. The fourth-order valence-electron chi connectivity index (χ4n) is 3.35. The molecule has 0 saturated heterocycles. The van der Waals surface area contributed by atoms with Crippen LogP contribution in [0.25, 0.3) is 0 Å². The Morgan fingerprint density at radius 1 is 0.882 bits per heavy atom. The Bertz CT molecular complexity index is 1410. The van der Waals surface area contributed by atoms with Gasteiger partial charge in [0.2, 0.25) is 0 Å². The van der Waals surface area contributed by atoms with E-state index in [1.54, 1.807) is 48.5 Å². The lowest BCUT2D eigenvalue weighted by atomic mass is 10.1. The molecule has 0 fully saturated rings. The molecule has 0 atom stereocenters. The number of aryl methyl sites for hydroxylation is 2. The van der Waals surface area contributed by atoms with Crippen LogP contribution in [0.5, 0.6) is 5.75 Å². The van der Waals surface area contributed by atoms with Gasteiger partial charge in [0.25, 0.3) is 15.9 Å². The van der Waals surface area contributed by atoms with Crippen LogP contribution in [0.15, 0.2) is 94.2 Å². The van der Waals surface area contributed by atoms with Crippen molar-refractivity contribution in [2.45, 2.75) is 25.3 Å². The molecule has 0 spiro atoms. The molecule has 4 rings (SSSR count). The van der Waals surface area contributed by atoms with Crippen molar-refractivity contribution in [2.75, 3.05) is 10.0 Å². The maximum atomic E-state index is 12.6. The lowest BCUT2D eigenvalue weighted by Gasteiger charge is -2.10. The highest BCUT2D eigenvalue weighted by molar-refractivity contribution is 7.92. The second-order valence-electron chi connectivity index (χ2n) is 7.78. The standard InChI is InChI=1S/C26H24N2O5S/c1-18-11-13-24(19(2)15-18)32-17-22-12-14-25(33-22)26(29)27-20-7-6-8-21(16-20)28-34(30,31)23-9-4-3-5-10-23/h3-16,28H,17H2,1-2H3,(H,27,29). The van der Waals surface area contributed by atoms with Gasteiger partial charge in [-0.2, -0.15) is 0 Å². The maximum Gasteiger partial charge on any atom is 0.291 e. The summed E-state index contributed by atoms with van der Waals surface area (Å²) in [7, 11) is -3.74. The predicted octanol–water partition coefficient (Wildman–Crippen LogP) is 5.53. The van der Waals surface area contributed by atoms with E-state index < -0.39 is 15.9 Å². The van der Waals surface area contributed by atoms with E-state index in [0.717, 1.165) is 16.9 Å². The van der Waals surface area contributed by atoms with E-state index in [1.165, 1.54) is 18.2 Å². The van der Waals surface area contributed by atoms with Crippen LogP contribution in [-0.2, 0) is 16.6 Å².